The van der Waals surface area contributed by atoms with Crippen molar-refractivity contribution >= 4 is 32.7 Å². The second-order valence-corrected chi connectivity index (χ2v) is 5.61. The third-order valence-corrected chi connectivity index (χ3v) is 3.67. The number of fused-ring (bicyclic) bond motifs is 1. The molecule has 2 aromatic heterocycles. The summed E-state index contributed by atoms with van der Waals surface area (Å²) in [7, 11) is 0. The van der Waals surface area contributed by atoms with Crippen LogP contribution in [0.3, 0.4) is 0 Å². The number of nitrogens with two attached hydrogens (primary N) is 1. The summed E-state index contributed by atoms with van der Waals surface area (Å²) in [4.78, 5) is 9.11. The number of nitrogen functional groups attached to an aromatic ring is 1. The highest BCUT2D eigenvalue weighted by atomic mass is 79.9. The molecule has 0 aliphatic rings. The third kappa shape index (κ3) is 2.29. The van der Waals surface area contributed by atoms with Crippen molar-refractivity contribution in [2.24, 2.45) is 0 Å². The zero-order chi connectivity index (χ0) is 14.1. The van der Waals surface area contributed by atoms with Crippen LogP contribution in [0, 0.1) is 0 Å². The highest BCUT2D eigenvalue weighted by Gasteiger charge is 2.13. The van der Waals surface area contributed by atoms with Gasteiger partial charge in [-0.2, -0.15) is 0 Å². The molecule has 0 aliphatic carbocycles. The first-order chi connectivity index (χ1) is 9.69. The monoisotopic (exact) mass is 330 g/mol. The van der Waals surface area contributed by atoms with E-state index in [4.69, 9.17) is 10.7 Å². The Hall–Kier alpha value is -1.88. The number of nitrogens with zero attached hydrogens (tertiary/aromatic N) is 3. The number of hydrogen-bond acceptors (Lipinski definition) is 3. The van der Waals surface area contributed by atoms with Crippen LogP contribution in [0.25, 0.3) is 22.6 Å². The average Bonchev–Trinajstić information content (AvgIpc) is 2.78. The summed E-state index contributed by atoms with van der Waals surface area (Å²) < 4.78 is 3.24. The molecule has 0 saturated carbocycles. The summed E-state index contributed by atoms with van der Waals surface area (Å²) in [5.41, 5.74) is 9.31. The summed E-state index contributed by atoms with van der Waals surface area (Å²) in [5, 5.41) is 0. The Balaban J connectivity index is 2.22. The van der Waals surface area contributed by atoms with Crippen molar-refractivity contribution in [1.29, 1.82) is 0 Å². The first-order valence-electron chi connectivity index (χ1n) is 6.56. The van der Waals surface area contributed by atoms with E-state index in [1.165, 1.54) is 0 Å². The van der Waals surface area contributed by atoms with E-state index in [0.29, 0.717) is 5.69 Å². The topological polar surface area (TPSA) is 56.7 Å². The maximum atomic E-state index is 5.70. The van der Waals surface area contributed by atoms with Gasteiger partial charge in [-0.25, -0.2) is 4.98 Å². The van der Waals surface area contributed by atoms with Gasteiger partial charge < -0.3 is 10.3 Å². The van der Waals surface area contributed by atoms with Gasteiger partial charge in [-0.3, -0.25) is 4.98 Å². The van der Waals surface area contributed by atoms with Crippen LogP contribution >= 0.6 is 15.9 Å². The van der Waals surface area contributed by atoms with E-state index in [0.717, 1.165) is 40.0 Å². The van der Waals surface area contributed by atoms with Gasteiger partial charge in [0.25, 0.3) is 0 Å². The molecule has 2 N–H and O–H groups in total. The van der Waals surface area contributed by atoms with Crippen molar-refractivity contribution < 1.29 is 0 Å². The van der Waals surface area contributed by atoms with Crippen LogP contribution in [0.5, 0.6) is 0 Å². The lowest BCUT2D eigenvalue weighted by Crippen LogP contribution is -2.01. The predicted molar refractivity (Wildman–Crippen MR) is 85.4 cm³/mol. The fraction of sp³-hybridized carbons (Fsp3) is 0.200. The van der Waals surface area contributed by atoms with E-state index in [1.807, 2.05) is 24.3 Å². The first kappa shape index (κ1) is 13.1. The quantitative estimate of drug-likeness (QED) is 0.793. The molecule has 102 valence electrons. The number of anilines is 1. The SMILES string of the molecule is CCCn1c(-c2ccc(N)cn2)nc2cc(Br)ccc21. The fourth-order valence-electron chi connectivity index (χ4n) is 2.29. The lowest BCUT2D eigenvalue weighted by molar-refractivity contribution is 0.702. The predicted octanol–water partition coefficient (Wildman–Crippen LogP) is 3.85. The van der Waals surface area contributed by atoms with Gasteiger partial charge in [-0.15, -0.1) is 0 Å². The van der Waals surface area contributed by atoms with E-state index >= 15 is 0 Å². The lowest BCUT2D eigenvalue weighted by atomic mass is 10.3. The molecular weight excluding hydrogens is 316 g/mol. The Kier molecular flexibility index (Phi) is 3.44. The standard InChI is InChI=1S/C15H15BrN4/c1-2-7-20-14-6-3-10(16)8-13(14)19-15(20)12-5-4-11(17)9-18-12/h3-6,8-9H,2,7,17H2,1H3. The molecule has 1 aromatic carbocycles. The Morgan fingerprint density at radius 3 is 2.80 bits per heavy atom. The molecule has 5 heteroatoms. The molecule has 0 amide bonds. The minimum atomic E-state index is 0.662. The second-order valence-electron chi connectivity index (χ2n) is 4.70. The molecule has 0 spiro atoms. The highest BCUT2D eigenvalue weighted by Crippen LogP contribution is 2.26. The first-order valence-corrected chi connectivity index (χ1v) is 7.36. The zero-order valence-electron chi connectivity index (χ0n) is 11.2. The number of aryl methyl sites for hydroxylation is 1. The second kappa shape index (κ2) is 5.25. The van der Waals surface area contributed by atoms with E-state index in [9.17, 15) is 0 Å². The van der Waals surface area contributed by atoms with Crippen LogP contribution in [0.4, 0.5) is 5.69 Å². The van der Waals surface area contributed by atoms with Crippen LogP contribution in [0.15, 0.2) is 41.0 Å². The molecule has 0 atom stereocenters. The molecule has 20 heavy (non-hydrogen) atoms. The molecule has 0 aliphatic heterocycles. The van der Waals surface area contributed by atoms with Crippen molar-refractivity contribution in [1.82, 2.24) is 14.5 Å². The number of aromatic nitrogens is 3. The van der Waals surface area contributed by atoms with Crippen LogP contribution in [-0.2, 0) is 6.54 Å². The van der Waals surface area contributed by atoms with Gasteiger partial charge in [0.2, 0.25) is 0 Å². The molecule has 3 aromatic rings. The number of benzene rings is 1. The lowest BCUT2D eigenvalue weighted by Gasteiger charge is -2.07. The zero-order valence-corrected chi connectivity index (χ0v) is 12.8. The van der Waals surface area contributed by atoms with E-state index in [1.54, 1.807) is 6.20 Å². The smallest absolute Gasteiger partial charge is 0.159 e. The van der Waals surface area contributed by atoms with Gasteiger partial charge in [0.1, 0.15) is 5.69 Å². The molecule has 4 nitrogen and oxygen atoms in total. The minimum Gasteiger partial charge on any atom is -0.397 e. The van der Waals surface area contributed by atoms with Gasteiger partial charge in [-0.05, 0) is 36.8 Å². The van der Waals surface area contributed by atoms with Crippen molar-refractivity contribution in [2.45, 2.75) is 19.9 Å². The molecule has 0 unspecified atom stereocenters. The maximum absolute atomic E-state index is 5.70. The summed E-state index contributed by atoms with van der Waals surface area (Å²) >= 11 is 3.49. The van der Waals surface area contributed by atoms with Gasteiger partial charge >= 0.3 is 0 Å². The summed E-state index contributed by atoms with van der Waals surface area (Å²) in [6.07, 6.45) is 2.71. The van der Waals surface area contributed by atoms with Crippen LogP contribution in [0.2, 0.25) is 0 Å². The molecule has 0 fully saturated rings. The number of halogens is 1. The Morgan fingerprint density at radius 1 is 1.25 bits per heavy atom. The largest absolute Gasteiger partial charge is 0.397 e. The molecule has 0 radical (unpaired) electrons. The van der Waals surface area contributed by atoms with Gasteiger partial charge in [0, 0.05) is 11.0 Å². The Morgan fingerprint density at radius 2 is 2.10 bits per heavy atom. The van der Waals surface area contributed by atoms with Gasteiger partial charge in [0.15, 0.2) is 5.82 Å². The van der Waals surface area contributed by atoms with E-state index < -0.39 is 0 Å². The molecule has 2 heterocycles. The number of rotatable bonds is 3. The molecular formula is C15H15BrN4. The van der Waals surface area contributed by atoms with E-state index in [-0.39, 0.29) is 0 Å². The van der Waals surface area contributed by atoms with Gasteiger partial charge in [0.05, 0.1) is 22.9 Å². The number of hydrogen-bond donors (Lipinski definition) is 1. The van der Waals surface area contributed by atoms with Crippen LogP contribution in [-0.4, -0.2) is 14.5 Å². The van der Waals surface area contributed by atoms with Crippen LogP contribution < -0.4 is 5.73 Å². The van der Waals surface area contributed by atoms with E-state index in [2.05, 4.69) is 38.5 Å². The summed E-state index contributed by atoms with van der Waals surface area (Å²) in [5.74, 6) is 0.889. The average molecular weight is 331 g/mol. The van der Waals surface area contributed by atoms with Crippen molar-refractivity contribution in [2.75, 3.05) is 5.73 Å². The Bertz CT molecular complexity index is 746. The van der Waals surface area contributed by atoms with Crippen molar-refractivity contribution in [3.8, 4) is 11.5 Å². The van der Waals surface area contributed by atoms with Crippen LogP contribution in [0.1, 0.15) is 13.3 Å². The Labute approximate surface area is 125 Å². The summed E-state index contributed by atoms with van der Waals surface area (Å²) in [6, 6.07) is 9.92. The van der Waals surface area contributed by atoms with Crippen molar-refractivity contribution in [3.63, 3.8) is 0 Å². The fourth-order valence-corrected chi connectivity index (χ4v) is 2.64. The van der Waals surface area contributed by atoms with Gasteiger partial charge in [-0.1, -0.05) is 22.9 Å². The maximum Gasteiger partial charge on any atom is 0.159 e. The summed E-state index contributed by atoms with van der Waals surface area (Å²) in [6.45, 7) is 3.07. The molecule has 3 rings (SSSR count). The third-order valence-electron chi connectivity index (χ3n) is 3.17. The number of pyridine rings is 1. The molecule has 0 bridgehead atoms. The highest BCUT2D eigenvalue weighted by molar-refractivity contribution is 9.10. The number of imidazole rings is 1. The normalized spacial score (nSPS) is 11.1. The molecule has 0 saturated heterocycles. The van der Waals surface area contributed by atoms with Crippen molar-refractivity contribution in [3.05, 3.63) is 41.0 Å². The minimum absolute atomic E-state index is 0.662.